The molecule has 3 nitrogen and oxygen atoms in total. The molecule has 1 saturated carbocycles. The third kappa shape index (κ3) is 4.09. The van der Waals surface area contributed by atoms with Crippen LogP contribution in [0.5, 0.6) is 0 Å². The average molecular weight is 206 g/mol. The molecule has 1 fully saturated rings. The van der Waals surface area contributed by atoms with Gasteiger partial charge in [-0.25, -0.2) is 8.42 Å². The van der Waals surface area contributed by atoms with Crippen molar-refractivity contribution in [1.82, 2.24) is 0 Å². The summed E-state index contributed by atoms with van der Waals surface area (Å²) in [6, 6.07) is 0. The van der Waals surface area contributed by atoms with E-state index in [1.807, 2.05) is 0 Å². The largest absolute Gasteiger partial charge is 0.381 e. The number of rotatable bonds is 3. The molecule has 78 valence electrons. The van der Waals surface area contributed by atoms with Crippen LogP contribution < -0.4 is 0 Å². The molecule has 0 bridgehead atoms. The molecule has 0 spiro atoms. The number of hydrogen-bond acceptors (Lipinski definition) is 3. The van der Waals surface area contributed by atoms with Crippen molar-refractivity contribution >= 4 is 9.84 Å². The van der Waals surface area contributed by atoms with Crippen molar-refractivity contribution in [1.29, 1.82) is 0 Å². The van der Waals surface area contributed by atoms with Gasteiger partial charge in [-0.3, -0.25) is 0 Å². The van der Waals surface area contributed by atoms with Crippen molar-refractivity contribution < 1.29 is 13.2 Å². The van der Waals surface area contributed by atoms with Crippen LogP contribution in [0, 0.1) is 5.92 Å². The highest BCUT2D eigenvalue weighted by Crippen LogP contribution is 2.26. The fourth-order valence-corrected chi connectivity index (χ4v) is 3.15. The van der Waals surface area contributed by atoms with Crippen molar-refractivity contribution in [3.05, 3.63) is 0 Å². The minimum Gasteiger partial charge on any atom is -0.381 e. The zero-order chi connectivity index (χ0) is 9.90. The minimum atomic E-state index is -2.79. The Hall–Kier alpha value is -0.0900. The van der Waals surface area contributed by atoms with E-state index in [-0.39, 0.29) is 0 Å². The number of methoxy groups -OCH3 is 1. The molecule has 0 aromatic carbocycles. The van der Waals surface area contributed by atoms with Gasteiger partial charge in [0, 0.05) is 13.4 Å². The van der Waals surface area contributed by atoms with Crippen molar-refractivity contribution in [3.63, 3.8) is 0 Å². The summed E-state index contributed by atoms with van der Waals surface area (Å²) in [5, 5.41) is 0. The number of ether oxygens (including phenoxy) is 1. The summed E-state index contributed by atoms with van der Waals surface area (Å²) in [4.78, 5) is 0. The molecule has 1 aliphatic rings. The van der Waals surface area contributed by atoms with Crippen molar-refractivity contribution in [2.45, 2.75) is 31.8 Å². The van der Waals surface area contributed by atoms with Gasteiger partial charge in [-0.1, -0.05) is 0 Å². The molecular formula is C9H18O3S. The normalized spacial score (nSPS) is 30.3. The second-order valence-corrected chi connectivity index (χ2v) is 6.16. The fraction of sp³-hybridized carbons (Fsp3) is 1.00. The monoisotopic (exact) mass is 206 g/mol. The van der Waals surface area contributed by atoms with E-state index < -0.39 is 9.84 Å². The van der Waals surface area contributed by atoms with E-state index in [9.17, 15) is 8.42 Å². The van der Waals surface area contributed by atoms with Gasteiger partial charge in [-0.2, -0.15) is 0 Å². The van der Waals surface area contributed by atoms with Gasteiger partial charge >= 0.3 is 0 Å². The quantitative estimate of drug-likeness (QED) is 0.697. The van der Waals surface area contributed by atoms with E-state index in [2.05, 4.69) is 0 Å². The van der Waals surface area contributed by atoms with Crippen LogP contribution in [-0.4, -0.2) is 33.6 Å². The zero-order valence-electron chi connectivity index (χ0n) is 8.32. The lowest BCUT2D eigenvalue weighted by atomic mass is 9.89. The van der Waals surface area contributed by atoms with Gasteiger partial charge in [0.1, 0.15) is 9.84 Å². The highest BCUT2D eigenvalue weighted by Gasteiger charge is 2.23. The van der Waals surface area contributed by atoms with E-state index in [4.69, 9.17) is 4.74 Å². The molecule has 0 unspecified atom stereocenters. The first-order valence-corrected chi connectivity index (χ1v) is 6.78. The van der Waals surface area contributed by atoms with Gasteiger partial charge in [0.25, 0.3) is 0 Å². The third-order valence-corrected chi connectivity index (χ3v) is 3.74. The molecule has 13 heavy (non-hydrogen) atoms. The van der Waals surface area contributed by atoms with Crippen molar-refractivity contribution in [3.8, 4) is 0 Å². The van der Waals surface area contributed by atoms with Gasteiger partial charge in [-0.05, 0) is 31.6 Å². The van der Waals surface area contributed by atoms with Crippen LogP contribution in [0.25, 0.3) is 0 Å². The molecule has 0 aromatic rings. The van der Waals surface area contributed by atoms with Crippen LogP contribution in [-0.2, 0) is 14.6 Å². The average Bonchev–Trinajstić information content (AvgIpc) is 2.03. The predicted octanol–water partition coefficient (Wildman–Crippen LogP) is 1.24. The van der Waals surface area contributed by atoms with Crippen LogP contribution >= 0.6 is 0 Å². The lowest BCUT2D eigenvalue weighted by Gasteiger charge is -2.26. The Morgan fingerprint density at radius 2 is 1.77 bits per heavy atom. The SMILES string of the molecule is COC1CCC(CS(C)(=O)=O)CC1. The summed E-state index contributed by atoms with van der Waals surface area (Å²) in [6.07, 6.45) is 5.68. The maximum atomic E-state index is 11.0. The smallest absolute Gasteiger partial charge is 0.147 e. The van der Waals surface area contributed by atoms with E-state index >= 15 is 0 Å². The molecule has 0 heterocycles. The Morgan fingerprint density at radius 3 is 2.15 bits per heavy atom. The molecule has 4 heteroatoms. The zero-order valence-corrected chi connectivity index (χ0v) is 9.14. The standard InChI is InChI=1S/C9H18O3S/c1-12-9-5-3-8(4-6-9)7-13(2,10)11/h8-9H,3-7H2,1-2H3. The van der Waals surface area contributed by atoms with Crippen LogP contribution in [0.1, 0.15) is 25.7 Å². The molecule has 1 aliphatic carbocycles. The Morgan fingerprint density at radius 1 is 1.23 bits per heavy atom. The fourth-order valence-electron chi connectivity index (χ4n) is 1.96. The number of hydrogen-bond donors (Lipinski definition) is 0. The summed E-state index contributed by atoms with van der Waals surface area (Å²) in [5.74, 6) is 0.713. The molecule has 0 aromatic heterocycles. The molecule has 0 radical (unpaired) electrons. The first-order valence-electron chi connectivity index (χ1n) is 4.72. The van der Waals surface area contributed by atoms with Crippen LogP contribution in [0.2, 0.25) is 0 Å². The molecule has 1 rings (SSSR count). The summed E-state index contributed by atoms with van der Waals surface area (Å²) in [5.41, 5.74) is 0. The Kier molecular flexibility index (Phi) is 3.74. The first kappa shape index (κ1) is 11.0. The molecule has 0 aliphatic heterocycles. The van der Waals surface area contributed by atoms with Crippen molar-refractivity contribution in [2.75, 3.05) is 19.1 Å². The van der Waals surface area contributed by atoms with E-state index in [0.29, 0.717) is 17.8 Å². The maximum absolute atomic E-state index is 11.0. The third-order valence-electron chi connectivity index (χ3n) is 2.67. The second kappa shape index (κ2) is 4.42. The predicted molar refractivity (Wildman–Crippen MR) is 52.5 cm³/mol. The number of sulfone groups is 1. The Labute approximate surface area is 80.4 Å². The lowest BCUT2D eigenvalue weighted by molar-refractivity contribution is 0.0597. The van der Waals surface area contributed by atoms with E-state index in [1.54, 1.807) is 7.11 Å². The molecule has 0 saturated heterocycles. The Balaban J connectivity index is 2.33. The maximum Gasteiger partial charge on any atom is 0.147 e. The molecule has 0 atom stereocenters. The van der Waals surface area contributed by atoms with E-state index in [1.165, 1.54) is 6.26 Å². The topological polar surface area (TPSA) is 43.4 Å². The first-order chi connectivity index (χ1) is 6.01. The van der Waals surface area contributed by atoms with Crippen LogP contribution in [0.15, 0.2) is 0 Å². The van der Waals surface area contributed by atoms with Gasteiger partial charge in [0.2, 0.25) is 0 Å². The second-order valence-electron chi connectivity index (χ2n) is 3.97. The van der Waals surface area contributed by atoms with Crippen LogP contribution in [0.3, 0.4) is 0 Å². The molecular weight excluding hydrogens is 188 g/mol. The summed E-state index contributed by atoms with van der Waals surface area (Å²) in [7, 11) is -1.07. The Bertz CT molecular complexity index is 238. The summed E-state index contributed by atoms with van der Waals surface area (Å²) >= 11 is 0. The van der Waals surface area contributed by atoms with Crippen LogP contribution in [0.4, 0.5) is 0 Å². The van der Waals surface area contributed by atoms with E-state index in [0.717, 1.165) is 25.7 Å². The van der Waals surface area contributed by atoms with Gasteiger partial charge in [0.15, 0.2) is 0 Å². The van der Waals surface area contributed by atoms with Gasteiger partial charge in [-0.15, -0.1) is 0 Å². The molecule has 0 amide bonds. The lowest BCUT2D eigenvalue weighted by Crippen LogP contribution is -2.24. The highest BCUT2D eigenvalue weighted by molar-refractivity contribution is 7.90. The van der Waals surface area contributed by atoms with Crippen molar-refractivity contribution in [2.24, 2.45) is 5.92 Å². The minimum absolute atomic E-state index is 0.351. The summed E-state index contributed by atoms with van der Waals surface area (Å²) < 4.78 is 27.3. The molecule has 0 N–H and O–H groups in total. The van der Waals surface area contributed by atoms with Gasteiger partial charge < -0.3 is 4.74 Å². The highest BCUT2D eigenvalue weighted by atomic mass is 32.2. The van der Waals surface area contributed by atoms with Gasteiger partial charge in [0.05, 0.1) is 11.9 Å². The summed E-state index contributed by atoms with van der Waals surface area (Å²) in [6.45, 7) is 0.